The van der Waals surface area contributed by atoms with Crippen LogP contribution in [0, 0.1) is 0 Å². The molecule has 0 amide bonds. The van der Waals surface area contributed by atoms with Gasteiger partial charge in [0.05, 0.1) is 0 Å². The van der Waals surface area contributed by atoms with Crippen molar-refractivity contribution < 1.29 is 4.74 Å². The van der Waals surface area contributed by atoms with Crippen molar-refractivity contribution in [2.75, 3.05) is 19.1 Å². The van der Waals surface area contributed by atoms with Crippen LogP contribution in [0.2, 0.25) is 0 Å². The second kappa shape index (κ2) is 6.58. The van der Waals surface area contributed by atoms with Gasteiger partial charge in [0.1, 0.15) is 0 Å². The molecule has 2 heteroatoms. The molecule has 100 valence electrons. The van der Waals surface area contributed by atoms with E-state index in [1.54, 1.807) is 0 Å². The SMILES string of the molecule is CCOCCCC1(CCl)CCCc2ccccc21. The molecular weight excluding hydrogens is 244 g/mol. The van der Waals surface area contributed by atoms with Gasteiger partial charge in [-0.1, -0.05) is 24.3 Å². The zero-order valence-electron chi connectivity index (χ0n) is 11.3. The highest BCUT2D eigenvalue weighted by atomic mass is 35.5. The van der Waals surface area contributed by atoms with Gasteiger partial charge in [0.25, 0.3) is 0 Å². The molecule has 1 unspecified atom stereocenters. The molecule has 1 atom stereocenters. The summed E-state index contributed by atoms with van der Waals surface area (Å²) in [5.41, 5.74) is 3.18. The monoisotopic (exact) mass is 266 g/mol. The Balaban J connectivity index is 2.12. The number of aryl methyl sites for hydroxylation is 1. The van der Waals surface area contributed by atoms with Gasteiger partial charge in [-0.25, -0.2) is 0 Å². The third-order valence-electron chi connectivity index (χ3n) is 4.09. The Kier molecular flexibility index (Phi) is 5.08. The number of ether oxygens (including phenoxy) is 1. The maximum Gasteiger partial charge on any atom is 0.0466 e. The summed E-state index contributed by atoms with van der Waals surface area (Å²) >= 11 is 6.34. The van der Waals surface area contributed by atoms with Crippen molar-refractivity contribution >= 4 is 11.6 Å². The summed E-state index contributed by atoms with van der Waals surface area (Å²) in [6.45, 7) is 3.72. The van der Waals surface area contributed by atoms with Crippen molar-refractivity contribution in [1.82, 2.24) is 0 Å². The molecule has 0 N–H and O–H groups in total. The van der Waals surface area contributed by atoms with Crippen LogP contribution in [0.5, 0.6) is 0 Å². The van der Waals surface area contributed by atoms with E-state index in [-0.39, 0.29) is 5.41 Å². The van der Waals surface area contributed by atoms with E-state index in [0.717, 1.165) is 31.9 Å². The van der Waals surface area contributed by atoms with E-state index in [4.69, 9.17) is 16.3 Å². The molecule has 1 aliphatic rings. The third kappa shape index (κ3) is 2.89. The van der Waals surface area contributed by atoms with Gasteiger partial charge in [0.15, 0.2) is 0 Å². The number of alkyl halides is 1. The summed E-state index contributed by atoms with van der Waals surface area (Å²) in [6, 6.07) is 8.83. The molecule has 0 heterocycles. The smallest absolute Gasteiger partial charge is 0.0466 e. The summed E-state index contributed by atoms with van der Waals surface area (Å²) in [7, 11) is 0. The lowest BCUT2D eigenvalue weighted by Crippen LogP contribution is -2.33. The summed E-state index contributed by atoms with van der Waals surface area (Å²) in [4.78, 5) is 0. The Morgan fingerprint density at radius 3 is 2.94 bits per heavy atom. The van der Waals surface area contributed by atoms with Crippen molar-refractivity contribution in [2.24, 2.45) is 0 Å². The lowest BCUT2D eigenvalue weighted by atomic mass is 9.69. The maximum atomic E-state index is 6.34. The van der Waals surface area contributed by atoms with Crippen molar-refractivity contribution in [3.63, 3.8) is 0 Å². The van der Waals surface area contributed by atoms with Crippen molar-refractivity contribution in [3.8, 4) is 0 Å². The van der Waals surface area contributed by atoms with Gasteiger partial charge >= 0.3 is 0 Å². The van der Waals surface area contributed by atoms with E-state index < -0.39 is 0 Å². The molecule has 2 rings (SSSR count). The van der Waals surface area contributed by atoms with Crippen LogP contribution in [0.25, 0.3) is 0 Å². The van der Waals surface area contributed by atoms with Gasteiger partial charge in [0.2, 0.25) is 0 Å². The average Bonchev–Trinajstić information content (AvgIpc) is 2.44. The van der Waals surface area contributed by atoms with Gasteiger partial charge in [0, 0.05) is 24.5 Å². The lowest BCUT2D eigenvalue weighted by Gasteiger charge is -2.38. The van der Waals surface area contributed by atoms with E-state index in [2.05, 4.69) is 24.3 Å². The average molecular weight is 267 g/mol. The molecule has 1 aromatic carbocycles. The largest absolute Gasteiger partial charge is 0.382 e. The zero-order chi connectivity index (χ0) is 12.8. The Hall–Kier alpha value is -0.530. The van der Waals surface area contributed by atoms with E-state index in [0.29, 0.717) is 0 Å². The second-order valence-electron chi connectivity index (χ2n) is 5.23. The molecule has 0 radical (unpaired) electrons. The van der Waals surface area contributed by atoms with Gasteiger partial charge in [-0.05, 0) is 50.2 Å². The predicted octanol–water partition coefficient (Wildman–Crippen LogP) is 4.32. The van der Waals surface area contributed by atoms with Crippen LogP contribution in [0.15, 0.2) is 24.3 Å². The van der Waals surface area contributed by atoms with Gasteiger partial charge in [-0.3, -0.25) is 0 Å². The van der Waals surface area contributed by atoms with Crippen molar-refractivity contribution in [2.45, 2.75) is 44.4 Å². The fourth-order valence-corrected chi connectivity index (χ4v) is 3.54. The minimum atomic E-state index is 0.188. The summed E-state index contributed by atoms with van der Waals surface area (Å²) in [6.07, 6.45) is 5.95. The Labute approximate surface area is 115 Å². The molecule has 0 aromatic heterocycles. The molecule has 1 aliphatic carbocycles. The minimum absolute atomic E-state index is 0.188. The van der Waals surface area contributed by atoms with E-state index in [9.17, 15) is 0 Å². The van der Waals surface area contributed by atoms with Crippen LogP contribution in [0.3, 0.4) is 0 Å². The molecule has 0 fully saturated rings. The van der Waals surface area contributed by atoms with Crippen LogP contribution >= 0.6 is 11.6 Å². The molecule has 0 saturated heterocycles. The summed E-state index contributed by atoms with van der Waals surface area (Å²) < 4.78 is 5.46. The molecule has 0 saturated carbocycles. The van der Waals surface area contributed by atoms with Crippen LogP contribution in [-0.4, -0.2) is 19.1 Å². The Bertz CT molecular complexity index is 377. The number of hydrogen-bond donors (Lipinski definition) is 0. The Morgan fingerprint density at radius 1 is 1.33 bits per heavy atom. The first kappa shape index (κ1) is 13.9. The fraction of sp³-hybridized carbons (Fsp3) is 0.625. The highest BCUT2D eigenvalue weighted by molar-refractivity contribution is 6.18. The predicted molar refractivity (Wildman–Crippen MR) is 77.5 cm³/mol. The zero-order valence-corrected chi connectivity index (χ0v) is 12.0. The number of fused-ring (bicyclic) bond motifs is 1. The van der Waals surface area contributed by atoms with Crippen LogP contribution in [-0.2, 0) is 16.6 Å². The van der Waals surface area contributed by atoms with Crippen molar-refractivity contribution in [3.05, 3.63) is 35.4 Å². The first-order valence-corrected chi connectivity index (χ1v) is 7.58. The highest BCUT2D eigenvalue weighted by Crippen LogP contribution is 2.41. The normalized spacial score (nSPS) is 22.8. The molecule has 1 aromatic rings. The molecular formula is C16H23ClO. The second-order valence-corrected chi connectivity index (χ2v) is 5.49. The first-order valence-electron chi connectivity index (χ1n) is 7.04. The lowest BCUT2D eigenvalue weighted by molar-refractivity contribution is 0.136. The minimum Gasteiger partial charge on any atom is -0.382 e. The van der Waals surface area contributed by atoms with Gasteiger partial charge < -0.3 is 4.74 Å². The van der Waals surface area contributed by atoms with Crippen LogP contribution in [0.1, 0.15) is 43.7 Å². The number of benzene rings is 1. The summed E-state index contributed by atoms with van der Waals surface area (Å²) in [5, 5.41) is 0. The standard InChI is InChI=1S/C16H23ClO/c1-2-18-12-6-11-16(13-17)10-5-8-14-7-3-4-9-15(14)16/h3-4,7,9H,2,5-6,8,10-13H2,1H3. The maximum absolute atomic E-state index is 6.34. The quantitative estimate of drug-likeness (QED) is 0.551. The third-order valence-corrected chi connectivity index (χ3v) is 4.61. The Morgan fingerprint density at radius 2 is 2.17 bits per heavy atom. The fourth-order valence-electron chi connectivity index (χ4n) is 3.13. The van der Waals surface area contributed by atoms with Gasteiger partial charge in [-0.2, -0.15) is 0 Å². The summed E-state index contributed by atoms with van der Waals surface area (Å²) in [5.74, 6) is 0.732. The van der Waals surface area contributed by atoms with Crippen LogP contribution < -0.4 is 0 Å². The highest BCUT2D eigenvalue weighted by Gasteiger charge is 2.34. The molecule has 1 nitrogen and oxygen atoms in total. The molecule has 0 aliphatic heterocycles. The first-order chi connectivity index (χ1) is 8.82. The van der Waals surface area contributed by atoms with E-state index >= 15 is 0 Å². The number of rotatable bonds is 6. The topological polar surface area (TPSA) is 9.23 Å². The van der Waals surface area contributed by atoms with E-state index in [1.807, 2.05) is 6.92 Å². The number of halogens is 1. The molecule has 0 bridgehead atoms. The molecule has 18 heavy (non-hydrogen) atoms. The van der Waals surface area contributed by atoms with Gasteiger partial charge in [-0.15, -0.1) is 11.6 Å². The van der Waals surface area contributed by atoms with E-state index in [1.165, 1.54) is 30.4 Å². The van der Waals surface area contributed by atoms with Crippen molar-refractivity contribution in [1.29, 1.82) is 0 Å². The number of hydrogen-bond acceptors (Lipinski definition) is 1. The van der Waals surface area contributed by atoms with Crippen LogP contribution in [0.4, 0.5) is 0 Å². The molecule has 0 spiro atoms.